The van der Waals surface area contributed by atoms with Gasteiger partial charge in [-0.15, -0.1) is 24.0 Å². The summed E-state index contributed by atoms with van der Waals surface area (Å²) in [6.07, 6.45) is 0.186. The number of hydrogen-bond acceptors (Lipinski definition) is 2. The number of halogens is 1. The minimum Gasteiger partial charge on any atom is -0.491 e. The van der Waals surface area contributed by atoms with Gasteiger partial charge >= 0.3 is 0 Å². The molecule has 0 heterocycles. The first-order chi connectivity index (χ1) is 8.97. The topological polar surface area (TPSA) is 59.6 Å². The van der Waals surface area contributed by atoms with Crippen LogP contribution in [-0.4, -0.2) is 18.6 Å². The summed E-state index contributed by atoms with van der Waals surface area (Å²) >= 11 is 0. The van der Waals surface area contributed by atoms with E-state index in [2.05, 4.69) is 16.9 Å². The predicted molar refractivity (Wildman–Crippen MR) is 95.8 cm³/mol. The van der Waals surface area contributed by atoms with E-state index in [1.807, 2.05) is 45.0 Å². The summed E-state index contributed by atoms with van der Waals surface area (Å²) in [7, 11) is 0. The molecule has 0 saturated heterocycles. The molecule has 0 spiro atoms. The summed E-state index contributed by atoms with van der Waals surface area (Å²) in [6.45, 7) is 10.9. The number of nitrogens with two attached hydrogens (primary N) is 1. The van der Waals surface area contributed by atoms with Gasteiger partial charge in [0.25, 0.3) is 0 Å². The lowest BCUT2D eigenvalue weighted by molar-refractivity contribution is 0.242. The van der Waals surface area contributed by atoms with Crippen LogP contribution in [0, 0.1) is 0 Å². The summed E-state index contributed by atoms with van der Waals surface area (Å²) in [5.41, 5.74) is 7.85. The van der Waals surface area contributed by atoms with Gasteiger partial charge in [-0.25, -0.2) is 4.99 Å². The number of rotatable bonds is 6. The lowest BCUT2D eigenvalue weighted by atomic mass is 10.2. The first kappa shape index (κ1) is 18.8. The fourth-order valence-corrected chi connectivity index (χ4v) is 1.42. The van der Waals surface area contributed by atoms with Gasteiger partial charge in [-0.1, -0.05) is 24.3 Å². The molecule has 4 nitrogen and oxygen atoms in total. The van der Waals surface area contributed by atoms with E-state index >= 15 is 0 Å². The molecule has 112 valence electrons. The van der Waals surface area contributed by atoms with E-state index in [-0.39, 0.29) is 30.1 Å². The standard InChI is InChI=1S/C15H23N3O.HI/c1-11(2)9-17-15(16)18-10-13-5-7-14(8-6-13)19-12(3)4;/h5-8,12H,1,9-10H2,2-4H3,(H3,16,17,18);1H. The fraction of sp³-hybridized carbons (Fsp3) is 0.400. The molecular weight excluding hydrogens is 365 g/mol. The molecule has 0 aliphatic rings. The van der Waals surface area contributed by atoms with Crippen molar-refractivity contribution in [2.24, 2.45) is 10.7 Å². The zero-order chi connectivity index (χ0) is 14.3. The van der Waals surface area contributed by atoms with Crippen LogP contribution >= 0.6 is 24.0 Å². The molecule has 0 aliphatic carbocycles. The van der Waals surface area contributed by atoms with Crippen molar-refractivity contribution in [3.63, 3.8) is 0 Å². The molecule has 1 rings (SSSR count). The van der Waals surface area contributed by atoms with E-state index in [0.29, 0.717) is 19.0 Å². The highest BCUT2D eigenvalue weighted by molar-refractivity contribution is 14.0. The SMILES string of the molecule is C=C(C)CNC(N)=NCc1ccc(OC(C)C)cc1.I. The number of nitrogens with one attached hydrogen (secondary N) is 1. The number of benzene rings is 1. The molecule has 0 aromatic heterocycles. The Balaban J connectivity index is 0.00000361. The Morgan fingerprint density at radius 3 is 2.45 bits per heavy atom. The molecule has 0 amide bonds. The minimum atomic E-state index is 0. The average molecular weight is 389 g/mol. The zero-order valence-corrected chi connectivity index (χ0v) is 14.7. The molecule has 3 N–H and O–H groups in total. The van der Waals surface area contributed by atoms with Crippen molar-refractivity contribution in [3.8, 4) is 5.75 Å². The van der Waals surface area contributed by atoms with Crippen molar-refractivity contribution in [2.45, 2.75) is 33.4 Å². The largest absolute Gasteiger partial charge is 0.491 e. The van der Waals surface area contributed by atoms with Crippen LogP contribution in [0.25, 0.3) is 0 Å². The monoisotopic (exact) mass is 389 g/mol. The molecule has 0 radical (unpaired) electrons. The number of guanidine groups is 1. The zero-order valence-electron chi connectivity index (χ0n) is 12.3. The third-order valence-electron chi connectivity index (χ3n) is 2.30. The van der Waals surface area contributed by atoms with Crippen molar-refractivity contribution < 1.29 is 4.74 Å². The van der Waals surface area contributed by atoms with Crippen LogP contribution in [0.1, 0.15) is 26.3 Å². The normalized spacial score (nSPS) is 10.9. The predicted octanol–water partition coefficient (Wildman–Crippen LogP) is 3.07. The smallest absolute Gasteiger partial charge is 0.189 e. The van der Waals surface area contributed by atoms with E-state index in [4.69, 9.17) is 10.5 Å². The Bertz CT molecular complexity index is 441. The Labute approximate surface area is 138 Å². The number of nitrogens with zero attached hydrogens (tertiary/aromatic N) is 1. The highest BCUT2D eigenvalue weighted by Gasteiger charge is 1.98. The molecule has 0 atom stereocenters. The molecule has 20 heavy (non-hydrogen) atoms. The van der Waals surface area contributed by atoms with Gasteiger partial charge in [-0.3, -0.25) is 0 Å². The molecule has 0 unspecified atom stereocenters. The number of ether oxygens (including phenoxy) is 1. The Hall–Kier alpha value is -1.24. The summed E-state index contributed by atoms with van der Waals surface area (Å²) in [5, 5.41) is 2.99. The summed E-state index contributed by atoms with van der Waals surface area (Å²) in [5.74, 6) is 1.31. The second kappa shape index (κ2) is 9.63. The Morgan fingerprint density at radius 2 is 1.95 bits per heavy atom. The quantitative estimate of drug-likeness (QED) is 0.340. The molecule has 0 aliphatic heterocycles. The van der Waals surface area contributed by atoms with Crippen LogP contribution < -0.4 is 15.8 Å². The van der Waals surface area contributed by atoms with Crippen LogP contribution in [-0.2, 0) is 6.54 Å². The summed E-state index contributed by atoms with van der Waals surface area (Å²) < 4.78 is 5.58. The van der Waals surface area contributed by atoms with E-state index in [9.17, 15) is 0 Å². The van der Waals surface area contributed by atoms with Gasteiger partial charge in [0.05, 0.1) is 12.6 Å². The fourth-order valence-electron chi connectivity index (χ4n) is 1.42. The second-order valence-electron chi connectivity index (χ2n) is 4.82. The maximum atomic E-state index is 5.74. The van der Waals surface area contributed by atoms with Crippen molar-refractivity contribution in [1.82, 2.24) is 5.32 Å². The van der Waals surface area contributed by atoms with Crippen molar-refractivity contribution >= 4 is 29.9 Å². The van der Waals surface area contributed by atoms with Gasteiger partial charge in [0, 0.05) is 6.54 Å². The van der Waals surface area contributed by atoms with E-state index in [0.717, 1.165) is 16.9 Å². The van der Waals surface area contributed by atoms with Gasteiger partial charge in [0.15, 0.2) is 5.96 Å². The van der Waals surface area contributed by atoms with Gasteiger partial charge in [-0.05, 0) is 38.5 Å². The lowest BCUT2D eigenvalue weighted by Crippen LogP contribution is -2.32. The van der Waals surface area contributed by atoms with E-state index in [1.165, 1.54) is 0 Å². The van der Waals surface area contributed by atoms with Gasteiger partial charge in [0.2, 0.25) is 0 Å². The number of aliphatic imine (C=N–C) groups is 1. The molecule has 0 fully saturated rings. The van der Waals surface area contributed by atoms with E-state index < -0.39 is 0 Å². The molecular formula is C15H24IN3O. The first-order valence-corrected chi connectivity index (χ1v) is 6.41. The van der Waals surface area contributed by atoms with Crippen molar-refractivity contribution in [2.75, 3.05) is 6.54 Å². The Morgan fingerprint density at radius 1 is 1.35 bits per heavy atom. The van der Waals surface area contributed by atoms with Crippen LogP contribution in [0.4, 0.5) is 0 Å². The summed E-state index contributed by atoms with van der Waals surface area (Å²) in [6, 6.07) is 7.88. The van der Waals surface area contributed by atoms with E-state index in [1.54, 1.807) is 0 Å². The van der Waals surface area contributed by atoms with Crippen LogP contribution in [0.2, 0.25) is 0 Å². The highest BCUT2D eigenvalue weighted by atomic mass is 127. The average Bonchev–Trinajstić information content (AvgIpc) is 2.35. The van der Waals surface area contributed by atoms with Crippen LogP contribution in [0.15, 0.2) is 41.4 Å². The second-order valence-corrected chi connectivity index (χ2v) is 4.82. The third-order valence-corrected chi connectivity index (χ3v) is 2.30. The van der Waals surface area contributed by atoms with Gasteiger partial charge in [0.1, 0.15) is 5.75 Å². The first-order valence-electron chi connectivity index (χ1n) is 6.41. The lowest BCUT2D eigenvalue weighted by Gasteiger charge is -2.09. The highest BCUT2D eigenvalue weighted by Crippen LogP contribution is 2.14. The van der Waals surface area contributed by atoms with Crippen LogP contribution in [0.5, 0.6) is 5.75 Å². The maximum Gasteiger partial charge on any atom is 0.189 e. The third kappa shape index (κ3) is 8.04. The Kier molecular flexibility index (Phi) is 9.03. The maximum absolute atomic E-state index is 5.74. The summed E-state index contributed by atoms with van der Waals surface area (Å²) in [4.78, 5) is 4.26. The van der Waals surface area contributed by atoms with Gasteiger partial charge < -0.3 is 15.8 Å². The number of hydrogen-bond donors (Lipinski definition) is 2. The molecule has 5 heteroatoms. The minimum absolute atomic E-state index is 0. The van der Waals surface area contributed by atoms with Crippen LogP contribution in [0.3, 0.4) is 0 Å². The van der Waals surface area contributed by atoms with Crippen molar-refractivity contribution in [1.29, 1.82) is 0 Å². The van der Waals surface area contributed by atoms with Gasteiger partial charge in [-0.2, -0.15) is 0 Å². The molecule has 1 aromatic rings. The van der Waals surface area contributed by atoms with Crippen molar-refractivity contribution in [3.05, 3.63) is 42.0 Å². The molecule has 0 bridgehead atoms. The molecule has 0 saturated carbocycles. The molecule has 1 aromatic carbocycles.